The molecule has 1 aromatic carbocycles. The lowest BCUT2D eigenvalue weighted by Crippen LogP contribution is -2.57. The third-order valence-corrected chi connectivity index (χ3v) is 4.87. The lowest BCUT2D eigenvalue weighted by Gasteiger charge is -2.44. The number of nitrogens with one attached hydrogen (secondary N) is 1. The van der Waals surface area contributed by atoms with Gasteiger partial charge in [-0.3, -0.25) is 9.69 Å². The summed E-state index contributed by atoms with van der Waals surface area (Å²) in [6.45, 7) is 8.54. The zero-order valence-corrected chi connectivity index (χ0v) is 15.9. The van der Waals surface area contributed by atoms with Crippen LogP contribution in [0.4, 0.5) is 0 Å². The number of benzene rings is 1. The highest BCUT2D eigenvalue weighted by Crippen LogP contribution is 2.28. The Balaban J connectivity index is 0.00000288. The van der Waals surface area contributed by atoms with E-state index in [9.17, 15) is 4.79 Å². The fourth-order valence-electron chi connectivity index (χ4n) is 3.03. The van der Waals surface area contributed by atoms with Crippen molar-refractivity contribution in [2.24, 2.45) is 11.1 Å². The molecule has 2 atom stereocenters. The van der Waals surface area contributed by atoms with Gasteiger partial charge in [-0.25, -0.2) is 0 Å². The van der Waals surface area contributed by atoms with E-state index in [2.05, 4.69) is 24.1 Å². The van der Waals surface area contributed by atoms with E-state index in [1.54, 1.807) is 7.11 Å². The minimum atomic E-state index is -0.146. The van der Waals surface area contributed by atoms with E-state index >= 15 is 0 Å². The van der Waals surface area contributed by atoms with Crippen molar-refractivity contribution in [3.05, 3.63) is 29.8 Å². The quantitative estimate of drug-likeness (QED) is 0.849. The van der Waals surface area contributed by atoms with Crippen LogP contribution in [0.5, 0.6) is 5.75 Å². The highest BCUT2D eigenvalue weighted by atomic mass is 35.5. The summed E-state index contributed by atoms with van der Waals surface area (Å²) in [7, 11) is 1.64. The van der Waals surface area contributed by atoms with Gasteiger partial charge < -0.3 is 15.8 Å². The van der Waals surface area contributed by atoms with E-state index in [0.29, 0.717) is 6.54 Å². The van der Waals surface area contributed by atoms with E-state index in [4.69, 9.17) is 10.5 Å². The van der Waals surface area contributed by atoms with Crippen LogP contribution in [0, 0.1) is 5.41 Å². The number of carbonyl (C=O) groups is 1. The third kappa shape index (κ3) is 5.10. The maximum Gasteiger partial charge on any atom is 0.237 e. The summed E-state index contributed by atoms with van der Waals surface area (Å²) in [4.78, 5) is 14.7. The Bertz CT molecular complexity index is 551. The predicted molar refractivity (Wildman–Crippen MR) is 99.5 cm³/mol. The van der Waals surface area contributed by atoms with Crippen molar-refractivity contribution in [1.29, 1.82) is 0 Å². The van der Waals surface area contributed by atoms with E-state index in [1.165, 1.54) is 0 Å². The lowest BCUT2D eigenvalue weighted by molar-refractivity contribution is -0.127. The summed E-state index contributed by atoms with van der Waals surface area (Å²) in [5.41, 5.74) is 7.25. The molecule has 1 aliphatic rings. The van der Waals surface area contributed by atoms with Gasteiger partial charge in [0.15, 0.2) is 0 Å². The molecule has 0 aliphatic carbocycles. The first-order chi connectivity index (χ1) is 10.8. The van der Waals surface area contributed by atoms with Crippen molar-refractivity contribution < 1.29 is 9.53 Å². The van der Waals surface area contributed by atoms with Crippen LogP contribution in [0.3, 0.4) is 0 Å². The molecule has 0 spiro atoms. The van der Waals surface area contributed by atoms with Crippen LogP contribution >= 0.6 is 12.4 Å². The van der Waals surface area contributed by atoms with Crippen LogP contribution in [0.25, 0.3) is 0 Å². The van der Waals surface area contributed by atoms with Crippen LogP contribution in [-0.2, 0) is 11.3 Å². The number of hydrogen-bond donors (Lipinski definition) is 2. The number of ether oxygens (including phenoxy) is 1. The summed E-state index contributed by atoms with van der Waals surface area (Å²) in [5, 5.41) is 3.02. The number of piperidine rings is 1. The topological polar surface area (TPSA) is 67.6 Å². The molecule has 6 heteroatoms. The first kappa shape index (κ1) is 20.7. The largest absolute Gasteiger partial charge is 0.497 e. The second kappa shape index (κ2) is 8.70. The van der Waals surface area contributed by atoms with Gasteiger partial charge in [0.05, 0.1) is 13.2 Å². The highest BCUT2D eigenvalue weighted by Gasteiger charge is 2.36. The molecule has 0 saturated carbocycles. The standard InChI is InChI=1S/C18H29N3O2.ClH/c1-13(21-9-8-16(19)18(2,3)12-21)17(22)20-11-14-6-5-7-15(10-14)23-4;/h5-7,10,13,16H,8-9,11-12,19H2,1-4H3,(H,20,22);1H. The smallest absolute Gasteiger partial charge is 0.237 e. The molecule has 0 bridgehead atoms. The molecule has 5 nitrogen and oxygen atoms in total. The van der Waals surface area contributed by atoms with Gasteiger partial charge in [-0.2, -0.15) is 0 Å². The van der Waals surface area contributed by atoms with Gasteiger partial charge in [0.25, 0.3) is 0 Å². The monoisotopic (exact) mass is 355 g/mol. The highest BCUT2D eigenvalue weighted by molar-refractivity contribution is 5.85. The number of rotatable bonds is 5. The number of carbonyl (C=O) groups excluding carboxylic acids is 1. The molecule has 1 aromatic rings. The van der Waals surface area contributed by atoms with Crippen molar-refractivity contribution in [2.75, 3.05) is 20.2 Å². The van der Waals surface area contributed by atoms with Gasteiger partial charge in [0, 0.05) is 25.7 Å². The number of nitrogens with two attached hydrogens (primary N) is 1. The second-order valence-electron chi connectivity index (χ2n) is 7.10. The van der Waals surface area contributed by atoms with Crippen molar-refractivity contribution in [3.8, 4) is 5.75 Å². The fourth-order valence-corrected chi connectivity index (χ4v) is 3.03. The number of hydrogen-bond acceptors (Lipinski definition) is 4. The van der Waals surface area contributed by atoms with E-state index in [1.807, 2.05) is 31.2 Å². The third-order valence-electron chi connectivity index (χ3n) is 4.87. The number of likely N-dealkylation sites (tertiary alicyclic amines) is 1. The van der Waals surface area contributed by atoms with Crippen molar-refractivity contribution >= 4 is 18.3 Å². The Hall–Kier alpha value is -1.30. The van der Waals surface area contributed by atoms with Crippen molar-refractivity contribution in [1.82, 2.24) is 10.2 Å². The van der Waals surface area contributed by atoms with Crippen LogP contribution in [0.15, 0.2) is 24.3 Å². The molecule has 3 N–H and O–H groups in total. The lowest BCUT2D eigenvalue weighted by atomic mass is 9.79. The zero-order valence-electron chi connectivity index (χ0n) is 15.0. The first-order valence-electron chi connectivity index (χ1n) is 8.24. The molecule has 2 rings (SSSR count). The van der Waals surface area contributed by atoms with E-state index in [-0.39, 0.29) is 35.8 Å². The van der Waals surface area contributed by atoms with E-state index < -0.39 is 0 Å². The Morgan fingerprint density at radius 3 is 2.83 bits per heavy atom. The molecule has 2 unspecified atom stereocenters. The maximum absolute atomic E-state index is 12.4. The molecule has 1 saturated heterocycles. The van der Waals surface area contributed by atoms with Gasteiger partial charge in [0.1, 0.15) is 5.75 Å². The Labute approximate surface area is 151 Å². The van der Waals surface area contributed by atoms with Gasteiger partial charge in [-0.15, -0.1) is 12.4 Å². The minimum Gasteiger partial charge on any atom is -0.497 e. The summed E-state index contributed by atoms with van der Waals surface area (Å²) in [6.07, 6.45) is 0.931. The summed E-state index contributed by atoms with van der Waals surface area (Å²) in [6, 6.07) is 7.80. The number of methoxy groups -OCH3 is 1. The Morgan fingerprint density at radius 2 is 2.21 bits per heavy atom. The molecule has 24 heavy (non-hydrogen) atoms. The molecule has 1 fully saturated rings. The number of amides is 1. The Kier molecular flexibility index (Phi) is 7.52. The molecule has 0 radical (unpaired) electrons. The molecular weight excluding hydrogens is 326 g/mol. The van der Waals surface area contributed by atoms with Gasteiger partial charge in [0.2, 0.25) is 5.91 Å². The second-order valence-corrected chi connectivity index (χ2v) is 7.10. The van der Waals surface area contributed by atoms with E-state index in [0.717, 1.165) is 30.8 Å². The van der Waals surface area contributed by atoms with Crippen molar-refractivity contribution in [2.45, 2.75) is 45.8 Å². The fraction of sp³-hybridized carbons (Fsp3) is 0.611. The normalized spacial score (nSPS) is 21.5. The van der Waals surface area contributed by atoms with Gasteiger partial charge >= 0.3 is 0 Å². The van der Waals surface area contributed by atoms with Crippen LogP contribution in [0.2, 0.25) is 0 Å². The average Bonchev–Trinajstić information content (AvgIpc) is 2.54. The SMILES string of the molecule is COc1cccc(CNC(=O)C(C)N2CCC(N)C(C)(C)C2)c1.Cl. The number of halogens is 1. The van der Waals surface area contributed by atoms with Crippen LogP contribution in [0.1, 0.15) is 32.8 Å². The van der Waals surface area contributed by atoms with Crippen molar-refractivity contribution in [3.63, 3.8) is 0 Å². The molecule has 0 aromatic heterocycles. The zero-order chi connectivity index (χ0) is 17.0. The predicted octanol–water partition coefficient (Wildman–Crippen LogP) is 2.18. The van der Waals surface area contributed by atoms with Gasteiger partial charge in [-0.1, -0.05) is 26.0 Å². The first-order valence-corrected chi connectivity index (χ1v) is 8.24. The molecule has 1 amide bonds. The minimum absolute atomic E-state index is 0. The summed E-state index contributed by atoms with van der Waals surface area (Å²) in [5.74, 6) is 0.857. The van der Waals surface area contributed by atoms with Crippen LogP contribution in [-0.4, -0.2) is 43.1 Å². The number of nitrogens with zero attached hydrogens (tertiary/aromatic N) is 1. The maximum atomic E-state index is 12.4. The molecule has 1 aliphatic heterocycles. The average molecular weight is 356 g/mol. The molecular formula is C18H30ClN3O2. The molecule has 136 valence electrons. The summed E-state index contributed by atoms with van der Waals surface area (Å²) < 4.78 is 5.20. The van der Waals surface area contributed by atoms with Gasteiger partial charge in [-0.05, 0) is 36.5 Å². The van der Waals surface area contributed by atoms with Crippen LogP contribution < -0.4 is 15.8 Å². The summed E-state index contributed by atoms with van der Waals surface area (Å²) >= 11 is 0. The Morgan fingerprint density at radius 1 is 1.50 bits per heavy atom. The molecule has 1 heterocycles.